The minimum absolute atomic E-state index is 0.193. The van der Waals surface area contributed by atoms with Gasteiger partial charge < -0.3 is 35.8 Å². The molecule has 41 heavy (non-hydrogen) atoms. The van der Waals surface area contributed by atoms with Crippen molar-refractivity contribution in [3.63, 3.8) is 0 Å². The number of imidazole rings is 1. The second-order valence-electron chi connectivity index (χ2n) is 8.73. The molecule has 0 spiro atoms. The second-order valence-corrected chi connectivity index (χ2v) is 8.73. The van der Waals surface area contributed by atoms with Gasteiger partial charge in [-0.2, -0.15) is 0 Å². The van der Waals surface area contributed by atoms with E-state index in [4.69, 9.17) is 10.5 Å². The highest BCUT2D eigenvalue weighted by Crippen LogP contribution is 2.24. The zero-order valence-electron chi connectivity index (χ0n) is 22.5. The number of ether oxygens (including phenoxy) is 2. The van der Waals surface area contributed by atoms with Gasteiger partial charge in [-0.1, -0.05) is 42.5 Å². The molecule has 6 N–H and O–H groups in total. The zero-order chi connectivity index (χ0) is 29.6. The van der Waals surface area contributed by atoms with E-state index in [2.05, 4.69) is 25.8 Å². The number of anilines is 1. The van der Waals surface area contributed by atoms with Gasteiger partial charge in [-0.25, -0.2) is 9.78 Å². The lowest BCUT2D eigenvalue weighted by molar-refractivity contribution is -0.116. The van der Waals surface area contributed by atoms with Gasteiger partial charge in [0.1, 0.15) is 29.4 Å². The van der Waals surface area contributed by atoms with Crippen LogP contribution in [0.4, 0.5) is 10.5 Å². The summed E-state index contributed by atoms with van der Waals surface area (Å²) in [7, 11) is 1.22. The molecule has 4 aromatic rings. The number of para-hydroxylation sites is 1. The van der Waals surface area contributed by atoms with Crippen molar-refractivity contribution in [2.24, 2.45) is 11.5 Å². The molecule has 0 saturated carbocycles. The van der Waals surface area contributed by atoms with Gasteiger partial charge in [0.25, 0.3) is 5.56 Å². The van der Waals surface area contributed by atoms with E-state index >= 15 is 0 Å². The summed E-state index contributed by atoms with van der Waals surface area (Å²) in [6.45, 7) is 0.623. The third kappa shape index (κ3) is 9.70. The molecule has 0 atom stereocenters. The number of methoxy groups -OCH3 is 1. The first kappa shape index (κ1) is 30.2. The van der Waals surface area contributed by atoms with E-state index in [9.17, 15) is 19.2 Å². The van der Waals surface area contributed by atoms with Crippen molar-refractivity contribution in [2.45, 2.75) is 32.4 Å². The Morgan fingerprint density at radius 2 is 1.80 bits per heavy atom. The van der Waals surface area contributed by atoms with E-state index in [0.717, 1.165) is 11.1 Å². The summed E-state index contributed by atoms with van der Waals surface area (Å²) in [5, 5.41) is 2.67. The summed E-state index contributed by atoms with van der Waals surface area (Å²) in [4.78, 5) is 53.1. The number of nitrogens with zero attached hydrogens (tertiary/aromatic N) is 2. The Hall–Kier alpha value is -5.39. The fourth-order valence-electron chi connectivity index (χ4n) is 3.69. The Balaban J connectivity index is 0.000000850. The molecule has 0 unspecified atom stereocenters. The van der Waals surface area contributed by atoms with Crippen molar-refractivity contribution in [3.8, 4) is 5.75 Å². The summed E-state index contributed by atoms with van der Waals surface area (Å²) in [6.07, 6.45) is 5.08. The number of unbranched alkanes of at least 4 members (excludes halogenated alkanes) is 1. The molecule has 214 valence electrons. The van der Waals surface area contributed by atoms with Gasteiger partial charge in [0.2, 0.25) is 11.8 Å². The van der Waals surface area contributed by atoms with Crippen LogP contribution in [-0.2, 0) is 27.5 Å². The number of primary amides is 2. The summed E-state index contributed by atoms with van der Waals surface area (Å²) < 4.78 is 11.4. The average molecular weight is 561 g/mol. The Bertz CT molecular complexity index is 1560. The van der Waals surface area contributed by atoms with Crippen LogP contribution in [0.15, 0.2) is 83.8 Å². The predicted molar refractivity (Wildman–Crippen MR) is 154 cm³/mol. The molecule has 0 saturated heterocycles. The molecule has 12 heteroatoms. The molecule has 0 bridgehead atoms. The standard InChI is InChI=1S/C27H27N5O4.C2H5NO2/c28-23(33)14-5-2-6-15-25(34)30-21-12-8-16-32(27(21)35)17-24-29-20-11-7-13-22(26(20)31-24)36-18-19-9-3-1-4-10-19;1-5-2(3)4/h1,3-5,7-14,16H,2,6,15,17-18H2,(H2,28,33)(H,29,31)(H,30,34);1H3,(H2,3,4)/b14-5+;. The first-order chi connectivity index (χ1) is 19.8. The van der Waals surface area contributed by atoms with Crippen LogP contribution in [0.25, 0.3) is 11.0 Å². The lowest BCUT2D eigenvalue weighted by atomic mass is 10.2. The maximum atomic E-state index is 12.9. The molecule has 3 amide bonds. The van der Waals surface area contributed by atoms with Crippen LogP contribution in [0.2, 0.25) is 0 Å². The lowest BCUT2D eigenvalue weighted by Gasteiger charge is -2.08. The van der Waals surface area contributed by atoms with Gasteiger partial charge in [-0.3, -0.25) is 14.4 Å². The summed E-state index contributed by atoms with van der Waals surface area (Å²) in [5.41, 5.74) is 11.9. The fourth-order valence-corrected chi connectivity index (χ4v) is 3.69. The minimum atomic E-state index is -0.745. The summed E-state index contributed by atoms with van der Waals surface area (Å²) in [6, 6.07) is 18.8. The molecule has 4 rings (SSSR count). The number of nitrogens with two attached hydrogens (primary N) is 2. The van der Waals surface area contributed by atoms with E-state index in [-0.39, 0.29) is 30.1 Å². The Kier molecular flexibility index (Phi) is 11.2. The Morgan fingerprint density at radius 1 is 1.05 bits per heavy atom. The van der Waals surface area contributed by atoms with Crippen LogP contribution in [0.5, 0.6) is 5.75 Å². The van der Waals surface area contributed by atoms with Gasteiger partial charge in [0, 0.05) is 12.6 Å². The topological polar surface area (TPSA) is 184 Å². The van der Waals surface area contributed by atoms with E-state index < -0.39 is 12.0 Å². The highest BCUT2D eigenvalue weighted by Gasteiger charge is 2.12. The molecule has 0 aliphatic heterocycles. The number of carbonyl (C=O) groups excluding carboxylic acids is 3. The van der Waals surface area contributed by atoms with E-state index in [1.165, 1.54) is 17.8 Å². The van der Waals surface area contributed by atoms with Crippen LogP contribution >= 0.6 is 0 Å². The zero-order valence-corrected chi connectivity index (χ0v) is 22.5. The minimum Gasteiger partial charge on any atom is -0.487 e. The van der Waals surface area contributed by atoms with E-state index in [0.29, 0.717) is 36.5 Å². The van der Waals surface area contributed by atoms with Gasteiger partial charge in [-0.05, 0) is 48.7 Å². The highest BCUT2D eigenvalue weighted by molar-refractivity contribution is 5.90. The number of carbonyl (C=O) groups is 3. The van der Waals surface area contributed by atoms with Gasteiger partial charge in [-0.15, -0.1) is 0 Å². The van der Waals surface area contributed by atoms with Crippen molar-refractivity contribution in [1.82, 2.24) is 14.5 Å². The van der Waals surface area contributed by atoms with Crippen molar-refractivity contribution >= 4 is 34.6 Å². The van der Waals surface area contributed by atoms with E-state index in [1.807, 2.05) is 48.5 Å². The van der Waals surface area contributed by atoms with Gasteiger partial charge in [0.05, 0.1) is 19.2 Å². The number of benzene rings is 2. The largest absolute Gasteiger partial charge is 0.487 e. The monoisotopic (exact) mass is 560 g/mol. The molecule has 12 nitrogen and oxygen atoms in total. The van der Waals surface area contributed by atoms with Gasteiger partial charge >= 0.3 is 6.09 Å². The molecule has 0 aliphatic rings. The molecule has 0 aliphatic carbocycles. The number of amides is 3. The quantitative estimate of drug-likeness (QED) is 0.160. The Labute approximate surface area is 236 Å². The van der Waals surface area contributed by atoms with Crippen molar-refractivity contribution in [2.75, 3.05) is 12.4 Å². The van der Waals surface area contributed by atoms with Crippen LogP contribution in [0.1, 0.15) is 30.7 Å². The SMILES string of the molecule is COC(N)=O.NC(=O)/C=C/CCCC(=O)Nc1cccn(Cc2nc3c(OCc4ccccc4)cccc3[nH]2)c1=O. The number of aromatic amines is 1. The lowest BCUT2D eigenvalue weighted by Crippen LogP contribution is -2.26. The van der Waals surface area contributed by atoms with Crippen LogP contribution in [0, 0.1) is 0 Å². The molecular formula is C29H32N6O6. The second kappa shape index (κ2) is 15.3. The molecule has 2 aromatic heterocycles. The number of hydrogen-bond donors (Lipinski definition) is 4. The fraction of sp³-hybridized carbons (Fsp3) is 0.207. The van der Waals surface area contributed by atoms with Crippen LogP contribution in [0.3, 0.4) is 0 Å². The third-order valence-corrected chi connectivity index (χ3v) is 5.63. The highest BCUT2D eigenvalue weighted by atomic mass is 16.5. The van der Waals surface area contributed by atoms with Crippen molar-refractivity contribution in [1.29, 1.82) is 0 Å². The maximum Gasteiger partial charge on any atom is 0.404 e. The van der Waals surface area contributed by atoms with Crippen LogP contribution in [-0.4, -0.2) is 39.6 Å². The Morgan fingerprint density at radius 3 is 2.51 bits per heavy atom. The molecular weight excluding hydrogens is 528 g/mol. The maximum absolute atomic E-state index is 12.9. The molecule has 0 radical (unpaired) electrons. The molecule has 0 fully saturated rings. The molecule has 2 aromatic carbocycles. The number of H-pyrrole nitrogens is 1. The smallest absolute Gasteiger partial charge is 0.404 e. The average Bonchev–Trinajstić information content (AvgIpc) is 3.38. The first-order valence-electron chi connectivity index (χ1n) is 12.7. The third-order valence-electron chi connectivity index (χ3n) is 5.63. The number of fused-ring (bicyclic) bond motifs is 1. The number of nitrogens with one attached hydrogen (secondary N) is 2. The number of allylic oxidation sites excluding steroid dienone is 1. The number of rotatable bonds is 11. The van der Waals surface area contributed by atoms with Gasteiger partial charge in [0.15, 0.2) is 0 Å². The van der Waals surface area contributed by atoms with Crippen molar-refractivity contribution in [3.05, 3.63) is 101 Å². The number of hydrogen-bond acceptors (Lipinski definition) is 7. The van der Waals surface area contributed by atoms with Crippen molar-refractivity contribution < 1.29 is 23.9 Å². The number of pyridine rings is 1. The molecule has 2 heterocycles. The normalized spacial score (nSPS) is 10.6. The summed E-state index contributed by atoms with van der Waals surface area (Å²) >= 11 is 0. The summed E-state index contributed by atoms with van der Waals surface area (Å²) in [5.74, 6) is 0.441. The predicted octanol–water partition coefficient (Wildman–Crippen LogP) is 3.21. The number of aromatic nitrogens is 3. The first-order valence-corrected chi connectivity index (χ1v) is 12.7. The van der Waals surface area contributed by atoms with Crippen LogP contribution < -0.4 is 27.1 Å². The van der Waals surface area contributed by atoms with E-state index in [1.54, 1.807) is 24.4 Å².